The van der Waals surface area contributed by atoms with Crippen molar-refractivity contribution in [3.8, 4) is 0 Å². The molecule has 0 saturated carbocycles. The van der Waals surface area contributed by atoms with Crippen LogP contribution in [-0.4, -0.2) is 66.5 Å². The van der Waals surface area contributed by atoms with Crippen LogP contribution in [0.4, 0.5) is 0 Å². The number of aliphatic hydroxyl groups excluding tert-OH is 1. The van der Waals surface area contributed by atoms with Crippen molar-refractivity contribution in [1.29, 1.82) is 0 Å². The zero-order valence-electron chi connectivity index (χ0n) is 23.5. The summed E-state index contributed by atoms with van der Waals surface area (Å²) in [4.78, 5) is 56.2. The lowest BCUT2D eigenvalue weighted by molar-refractivity contribution is -0.160. The lowest BCUT2D eigenvalue weighted by Gasteiger charge is -2.24. The summed E-state index contributed by atoms with van der Waals surface area (Å²) in [5.41, 5.74) is -0.994. The summed E-state index contributed by atoms with van der Waals surface area (Å²) in [6, 6.07) is -1.40. The molecule has 0 aromatic heterocycles. The fraction of sp³-hybridized carbons (Fsp3) is 0.800. The van der Waals surface area contributed by atoms with E-state index in [1.54, 1.807) is 34.6 Å². The number of amides is 2. The van der Waals surface area contributed by atoms with Gasteiger partial charge in [-0.2, -0.15) is 0 Å². The second kappa shape index (κ2) is 18.8. The maximum absolute atomic E-state index is 12.0. The highest BCUT2D eigenvalue weighted by molar-refractivity contribution is 6.03. The first-order valence-corrected chi connectivity index (χ1v) is 12.0. The lowest BCUT2D eigenvalue weighted by Crippen LogP contribution is -2.51. The third-order valence-corrected chi connectivity index (χ3v) is 4.88. The molecule has 10 nitrogen and oxygen atoms in total. The number of nitrogens with one attached hydrogen (secondary N) is 2. The van der Waals surface area contributed by atoms with Crippen LogP contribution in [0.25, 0.3) is 0 Å². The van der Waals surface area contributed by atoms with Crippen LogP contribution in [0.15, 0.2) is 0 Å². The number of hydrogen-bond donors (Lipinski definition) is 3. The van der Waals surface area contributed by atoms with Crippen molar-refractivity contribution < 1.29 is 38.6 Å². The first-order valence-electron chi connectivity index (χ1n) is 12.0. The molecule has 1 atom stereocenters. The van der Waals surface area contributed by atoms with Gasteiger partial charge in [-0.1, -0.05) is 41.5 Å². The van der Waals surface area contributed by atoms with Crippen LogP contribution in [0.2, 0.25) is 0 Å². The second-order valence-electron chi connectivity index (χ2n) is 9.35. The number of rotatable bonds is 11. The molecule has 10 heteroatoms. The summed E-state index contributed by atoms with van der Waals surface area (Å²) in [6.45, 7) is 19.6. The Morgan fingerprint density at radius 2 is 1.11 bits per heavy atom. The molecule has 3 N–H and O–H groups in total. The topological polar surface area (TPSA) is 148 Å². The third-order valence-electron chi connectivity index (χ3n) is 4.88. The van der Waals surface area contributed by atoms with E-state index in [0.29, 0.717) is 13.0 Å². The normalized spacial score (nSPS) is 11.6. The quantitative estimate of drug-likeness (QED) is 0.287. The van der Waals surface area contributed by atoms with Crippen LogP contribution in [0.3, 0.4) is 0 Å². The van der Waals surface area contributed by atoms with E-state index in [0.717, 1.165) is 6.42 Å². The molecule has 0 fully saturated rings. The highest BCUT2D eigenvalue weighted by Crippen LogP contribution is 2.20. The first-order chi connectivity index (χ1) is 15.9. The Morgan fingerprint density at radius 3 is 1.40 bits per heavy atom. The average molecular weight is 505 g/mol. The van der Waals surface area contributed by atoms with Gasteiger partial charge in [-0.05, 0) is 47.5 Å². The molecule has 0 aliphatic carbocycles. The van der Waals surface area contributed by atoms with Gasteiger partial charge in [-0.15, -0.1) is 0 Å². The Bertz CT molecular complexity index is 650. The smallest absolute Gasteiger partial charge is 0.340 e. The predicted molar refractivity (Wildman–Crippen MR) is 134 cm³/mol. The van der Waals surface area contributed by atoms with Crippen LogP contribution < -0.4 is 10.6 Å². The summed E-state index contributed by atoms with van der Waals surface area (Å²) < 4.78 is 9.53. The van der Waals surface area contributed by atoms with E-state index in [-0.39, 0.29) is 36.2 Å². The molecule has 0 aliphatic rings. The number of esters is 2. The molecule has 2 amide bonds. The van der Waals surface area contributed by atoms with Crippen LogP contribution in [0, 0.1) is 10.8 Å². The Kier molecular flexibility index (Phi) is 19.9. The van der Waals surface area contributed by atoms with Crippen molar-refractivity contribution in [2.24, 2.45) is 10.8 Å². The van der Waals surface area contributed by atoms with E-state index in [9.17, 15) is 24.0 Å². The SMILES string of the molecule is CC(C)=O.CCC(C)(C)C(=O)NCC(C)O.CCOC(=O)C(NC(=O)C(C)(C)CC)C(=O)OCC. The third kappa shape index (κ3) is 18.5. The molecule has 0 radical (unpaired) electrons. The molecule has 0 heterocycles. The van der Waals surface area contributed by atoms with Crippen molar-refractivity contribution in [3.63, 3.8) is 0 Å². The first kappa shape index (κ1) is 37.1. The number of Topliss-reactive ketones (excluding diaryl/α,β-unsaturated/α-hetero) is 1. The average Bonchev–Trinajstić information content (AvgIpc) is 2.75. The van der Waals surface area contributed by atoms with Crippen molar-refractivity contribution in [3.05, 3.63) is 0 Å². The van der Waals surface area contributed by atoms with Gasteiger partial charge in [0.2, 0.25) is 17.9 Å². The summed E-state index contributed by atoms with van der Waals surface area (Å²) >= 11 is 0. The van der Waals surface area contributed by atoms with Crippen molar-refractivity contribution >= 4 is 29.5 Å². The largest absolute Gasteiger partial charge is 0.464 e. The number of ketones is 1. The standard InChI is InChI=1S/C13H23NO5.C9H19NO2.C3H6O/c1-6-13(4,5)12(17)14-9(10(15)18-7-2)11(16)19-8-3;1-5-9(3,4)8(12)10-6-7(2)11;1-3(2)4/h9H,6-8H2,1-5H3,(H,14,17);7,11H,5-6H2,1-4H3,(H,10,12);1-2H3. The van der Waals surface area contributed by atoms with Gasteiger partial charge in [0.1, 0.15) is 5.78 Å². The number of hydrogen-bond acceptors (Lipinski definition) is 8. The monoisotopic (exact) mass is 504 g/mol. The summed E-state index contributed by atoms with van der Waals surface area (Å²) in [7, 11) is 0. The summed E-state index contributed by atoms with van der Waals surface area (Å²) in [5, 5.41) is 14.0. The summed E-state index contributed by atoms with van der Waals surface area (Å²) in [6.07, 6.45) is 0.914. The molecule has 0 aromatic carbocycles. The highest BCUT2D eigenvalue weighted by Gasteiger charge is 2.35. The van der Waals surface area contributed by atoms with E-state index >= 15 is 0 Å². The van der Waals surface area contributed by atoms with Gasteiger partial charge in [0.15, 0.2) is 0 Å². The molecule has 0 bridgehead atoms. The minimum atomic E-state index is -1.40. The fourth-order valence-electron chi connectivity index (χ4n) is 1.79. The van der Waals surface area contributed by atoms with E-state index in [1.165, 1.54) is 13.8 Å². The van der Waals surface area contributed by atoms with E-state index < -0.39 is 29.5 Å². The molecule has 0 aromatic rings. The van der Waals surface area contributed by atoms with Crippen LogP contribution in [0.1, 0.15) is 89.0 Å². The molecule has 0 spiro atoms. The minimum Gasteiger partial charge on any atom is -0.464 e. The molecule has 206 valence electrons. The number of aliphatic hydroxyl groups is 1. The predicted octanol–water partition coefficient (Wildman–Crippen LogP) is 2.55. The molecule has 35 heavy (non-hydrogen) atoms. The van der Waals surface area contributed by atoms with Gasteiger partial charge in [0.05, 0.1) is 19.3 Å². The van der Waals surface area contributed by atoms with E-state index in [4.69, 9.17) is 14.6 Å². The molecule has 0 rings (SSSR count). The lowest BCUT2D eigenvalue weighted by atomic mass is 9.89. The Morgan fingerprint density at radius 1 is 0.771 bits per heavy atom. The van der Waals surface area contributed by atoms with Gasteiger partial charge < -0.3 is 30.0 Å². The number of ether oxygens (including phenoxy) is 2. The highest BCUT2D eigenvalue weighted by atomic mass is 16.6. The molecule has 0 aliphatic heterocycles. The number of carbonyl (C=O) groups excluding carboxylic acids is 5. The van der Waals surface area contributed by atoms with Crippen LogP contribution in [-0.2, 0) is 33.4 Å². The maximum atomic E-state index is 12.0. The molecule has 1 unspecified atom stereocenters. The Balaban J connectivity index is -0.000000544. The van der Waals surface area contributed by atoms with Crippen molar-refractivity contribution in [2.75, 3.05) is 19.8 Å². The van der Waals surface area contributed by atoms with Crippen molar-refractivity contribution in [2.45, 2.75) is 101 Å². The van der Waals surface area contributed by atoms with Gasteiger partial charge in [0, 0.05) is 17.4 Å². The van der Waals surface area contributed by atoms with Crippen LogP contribution in [0.5, 0.6) is 0 Å². The van der Waals surface area contributed by atoms with Gasteiger partial charge >= 0.3 is 11.9 Å². The zero-order valence-corrected chi connectivity index (χ0v) is 23.5. The van der Waals surface area contributed by atoms with Crippen LogP contribution >= 0.6 is 0 Å². The van der Waals surface area contributed by atoms with Gasteiger partial charge in [0.25, 0.3) is 0 Å². The van der Waals surface area contributed by atoms with E-state index in [1.807, 2.05) is 27.7 Å². The van der Waals surface area contributed by atoms with E-state index in [2.05, 4.69) is 10.6 Å². The van der Waals surface area contributed by atoms with Gasteiger partial charge in [-0.25, -0.2) is 9.59 Å². The molecule has 0 saturated heterocycles. The number of carbonyl (C=O) groups is 5. The second-order valence-corrected chi connectivity index (χ2v) is 9.35. The van der Waals surface area contributed by atoms with Gasteiger partial charge in [-0.3, -0.25) is 9.59 Å². The zero-order chi connectivity index (χ0) is 28.4. The van der Waals surface area contributed by atoms with Crippen molar-refractivity contribution in [1.82, 2.24) is 10.6 Å². The minimum absolute atomic E-state index is 0.00546. The Labute approximate surface area is 210 Å². The molecular formula is C25H48N2O8. The maximum Gasteiger partial charge on any atom is 0.340 e. The fourth-order valence-corrected chi connectivity index (χ4v) is 1.79. The Hall–Kier alpha value is -2.49. The molecular weight excluding hydrogens is 456 g/mol. The summed E-state index contributed by atoms with van der Waals surface area (Å²) in [5.74, 6) is -1.82.